The molecule has 0 aliphatic heterocycles. The van der Waals surface area contributed by atoms with Gasteiger partial charge in [-0.3, -0.25) is 0 Å². The molecule has 1 aromatic heterocycles. The standard InChI is InChI=1S/C14H26N4O2S/c1-4-9-15-14-8-7-13(12-16-14)21(19,20)17-10-11-18(5-2)6-3/h7-8,12,17H,4-6,9-11H2,1-3H3,(H,15,16). The normalized spacial score (nSPS) is 11.8. The first-order valence-electron chi connectivity index (χ1n) is 7.45. The molecule has 0 aliphatic carbocycles. The summed E-state index contributed by atoms with van der Waals surface area (Å²) in [6, 6.07) is 3.26. The fourth-order valence-corrected chi connectivity index (χ4v) is 2.82. The summed E-state index contributed by atoms with van der Waals surface area (Å²) in [7, 11) is -3.48. The van der Waals surface area contributed by atoms with E-state index in [1.54, 1.807) is 12.1 Å². The van der Waals surface area contributed by atoms with E-state index in [9.17, 15) is 8.42 Å². The number of aromatic nitrogens is 1. The van der Waals surface area contributed by atoms with Crippen molar-refractivity contribution < 1.29 is 8.42 Å². The number of hydrogen-bond donors (Lipinski definition) is 2. The molecule has 7 heteroatoms. The molecule has 0 spiro atoms. The molecule has 21 heavy (non-hydrogen) atoms. The average Bonchev–Trinajstić information content (AvgIpc) is 2.50. The topological polar surface area (TPSA) is 74.3 Å². The van der Waals surface area contributed by atoms with E-state index < -0.39 is 10.0 Å². The first-order chi connectivity index (χ1) is 10.0. The molecular formula is C14H26N4O2S. The number of nitrogens with one attached hydrogen (secondary N) is 2. The van der Waals surface area contributed by atoms with Gasteiger partial charge in [-0.15, -0.1) is 0 Å². The quantitative estimate of drug-likeness (QED) is 0.685. The Morgan fingerprint density at radius 3 is 2.38 bits per heavy atom. The van der Waals surface area contributed by atoms with E-state index in [2.05, 4.69) is 40.7 Å². The van der Waals surface area contributed by atoms with Gasteiger partial charge >= 0.3 is 0 Å². The van der Waals surface area contributed by atoms with Crippen LogP contribution in [-0.4, -0.2) is 51.0 Å². The van der Waals surface area contributed by atoms with E-state index in [0.29, 0.717) is 18.9 Å². The van der Waals surface area contributed by atoms with E-state index in [1.165, 1.54) is 6.20 Å². The average molecular weight is 314 g/mol. The van der Waals surface area contributed by atoms with E-state index in [4.69, 9.17) is 0 Å². The molecule has 1 heterocycles. The predicted molar refractivity (Wildman–Crippen MR) is 86.0 cm³/mol. The molecule has 0 saturated carbocycles. The highest BCUT2D eigenvalue weighted by atomic mass is 32.2. The van der Waals surface area contributed by atoms with Gasteiger partial charge in [0.25, 0.3) is 0 Å². The van der Waals surface area contributed by atoms with E-state index >= 15 is 0 Å². The molecule has 0 saturated heterocycles. The lowest BCUT2D eigenvalue weighted by atomic mass is 10.4. The summed E-state index contributed by atoms with van der Waals surface area (Å²) in [5.74, 6) is 0.693. The molecule has 120 valence electrons. The van der Waals surface area contributed by atoms with Gasteiger partial charge in [0, 0.05) is 25.8 Å². The van der Waals surface area contributed by atoms with Crippen molar-refractivity contribution in [1.82, 2.24) is 14.6 Å². The fourth-order valence-electron chi connectivity index (χ4n) is 1.86. The highest BCUT2D eigenvalue weighted by Crippen LogP contribution is 2.10. The Morgan fingerprint density at radius 1 is 1.14 bits per heavy atom. The third-order valence-electron chi connectivity index (χ3n) is 3.22. The Morgan fingerprint density at radius 2 is 1.86 bits per heavy atom. The fraction of sp³-hybridized carbons (Fsp3) is 0.643. The molecule has 0 amide bonds. The monoisotopic (exact) mass is 314 g/mol. The van der Waals surface area contributed by atoms with Crippen molar-refractivity contribution in [1.29, 1.82) is 0 Å². The van der Waals surface area contributed by atoms with Crippen molar-refractivity contribution in [3.63, 3.8) is 0 Å². The van der Waals surface area contributed by atoms with E-state index in [0.717, 1.165) is 26.1 Å². The van der Waals surface area contributed by atoms with Crippen LogP contribution in [0.25, 0.3) is 0 Å². The highest BCUT2D eigenvalue weighted by Gasteiger charge is 2.14. The maximum absolute atomic E-state index is 12.1. The van der Waals surface area contributed by atoms with Crippen molar-refractivity contribution in [2.24, 2.45) is 0 Å². The van der Waals surface area contributed by atoms with Gasteiger partial charge in [-0.05, 0) is 31.6 Å². The third kappa shape index (κ3) is 5.99. The predicted octanol–water partition coefficient (Wildman–Crippen LogP) is 1.52. The zero-order chi connectivity index (χ0) is 15.7. The SMILES string of the molecule is CCCNc1ccc(S(=O)(=O)NCCN(CC)CC)cn1. The molecule has 0 bridgehead atoms. The summed E-state index contributed by atoms with van der Waals surface area (Å²) in [5, 5.41) is 3.11. The van der Waals surface area contributed by atoms with Crippen LogP contribution in [0.4, 0.5) is 5.82 Å². The number of likely N-dealkylation sites (N-methyl/N-ethyl adjacent to an activating group) is 1. The van der Waals surface area contributed by atoms with Crippen molar-refractivity contribution in [2.75, 3.05) is 38.0 Å². The summed E-state index contributed by atoms with van der Waals surface area (Å²) < 4.78 is 26.9. The number of rotatable bonds is 10. The van der Waals surface area contributed by atoms with Crippen LogP contribution in [0.1, 0.15) is 27.2 Å². The van der Waals surface area contributed by atoms with Gasteiger partial charge in [0.2, 0.25) is 10.0 Å². The minimum Gasteiger partial charge on any atom is -0.370 e. The highest BCUT2D eigenvalue weighted by molar-refractivity contribution is 7.89. The van der Waals surface area contributed by atoms with Gasteiger partial charge < -0.3 is 10.2 Å². The molecular weight excluding hydrogens is 288 g/mol. The Balaban J connectivity index is 2.57. The van der Waals surface area contributed by atoms with Gasteiger partial charge in [0.05, 0.1) is 0 Å². The van der Waals surface area contributed by atoms with Gasteiger partial charge in [0.1, 0.15) is 10.7 Å². The zero-order valence-electron chi connectivity index (χ0n) is 13.1. The van der Waals surface area contributed by atoms with Gasteiger partial charge in [-0.1, -0.05) is 20.8 Å². The summed E-state index contributed by atoms with van der Waals surface area (Å²) in [4.78, 5) is 6.48. The number of pyridine rings is 1. The Bertz CT molecular complexity index is 498. The number of sulfonamides is 1. The minimum atomic E-state index is -3.48. The van der Waals surface area contributed by atoms with Crippen molar-refractivity contribution >= 4 is 15.8 Å². The Kier molecular flexibility index (Phi) is 7.63. The van der Waals surface area contributed by atoms with Crippen LogP contribution < -0.4 is 10.0 Å². The smallest absolute Gasteiger partial charge is 0.242 e. The van der Waals surface area contributed by atoms with E-state index in [1.807, 2.05) is 0 Å². The third-order valence-corrected chi connectivity index (χ3v) is 4.66. The zero-order valence-corrected chi connectivity index (χ0v) is 13.9. The molecule has 0 aromatic carbocycles. The second kappa shape index (κ2) is 8.96. The van der Waals surface area contributed by atoms with Gasteiger partial charge in [-0.25, -0.2) is 18.1 Å². The minimum absolute atomic E-state index is 0.198. The van der Waals surface area contributed by atoms with Crippen molar-refractivity contribution in [3.8, 4) is 0 Å². The van der Waals surface area contributed by atoms with Crippen LogP contribution in [0, 0.1) is 0 Å². The van der Waals surface area contributed by atoms with Crippen LogP contribution in [0.15, 0.2) is 23.2 Å². The molecule has 0 radical (unpaired) electrons. The molecule has 0 unspecified atom stereocenters. The largest absolute Gasteiger partial charge is 0.370 e. The maximum atomic E-state index is 12.1. The second-order valence-corrected chi connectivity index (χ2v) is 6.50. The lowest BCUT2D eigenvalue weighted by Gasteiger charge is -2.18. The first kappa shape index (κ1) is 17.9. The molecule has 2 N–H and O–H groups in total. The number of anilines is 1. The molecule has 0 atom stereocenters. The van der Waals surface area contributed by atoms with E-state index in [-0.39, 0.29) is 4.90 Å². The molecule has 1 rings (SSSR count). The van der Waals surface area contributed by atoms with Crippen LogP contribution in [0.5, 0.6) is 0 Å². The summed E-state index contributed by atoms with van der Waals surface area (Å²) in [6.45, 7) is 9.94. The summed E-state index contributed by atoms with van der Waals surface area (Å²) >= 11 is 0. The number of nitrogens with zero attached hydrogens (tertiary/aromatic N) is 2. The maximum Gasteiger partial charge on any atom is 0.242 e. The van der Waals surface area contributed by atoms with Crippen LogP contribution in [0.3, 0.4) is 0 Å². The van der Waals surface area contributed by atoms with Crippen molar-refractivity contribution in [3.05, 3.63) is 18.3 Å². The summed E-state index contributed by atoms with van der Waals surface area (Å²) in [6.07, 6.45) is 2.38. The van der Waals surface area contributed by atoms with Crippen LogP contribution in [-0.2, 0) is 10.0 Å². The Hall–Kier alpha value is -1.18. The summed E-state index contributed by atoms with van der Waals surface area (Å²) in [5.41, 5.74) is 0. The Labute approximate surface area is 128 Å². The van der Waals surface area contributed by atoms with Gasteiger partial charge in [0.15, 0.2) is 0 Å². The second-order valence-electron chi connectivity index (χ2n) is 4.73. The molecule has 1 aromatic rings. The molecule has 6 nitrogen and oxygen atoms in total. The molecule has 0 aliphatic rings. The lowest BCUT2D eigenvalue weighted by molar-refractivity contribution is 0.309. The van der Waals surface area contributed by atoms with Gasteiger partial charge in [-0.2, -0.15) is 0 Å². The molecule has 0 fully saturated rings. The first-order valence-corrected chi connectivity index (χ1v) is 8.93. The van der Waals surface area contributed by atoms with Crippen LogP contribution >= 0.6 is 0 Å². The number of hydrogen-bond acceptors (Lipinski definition) is 5. The lowest BCUT2D eigenvalue weighted by Crippen LogP contribution is -2.34. The van der Waals surface area contributed by atoms with Crippen LogP contribution in [0.2, 0.25) is 0 Å². The van der Waals surface area contributed by atoms with Crippen molar-refractivity contribution in [2.45, 2.75) is 32.1 Å².